The number of nitrogens with zero attached hydrogens (tertiary/aromatic N) is 1. The molecule has 2 fully saturated rings. The van der Waals surface area contributed by atoms with Gasteiger partial charge in [-0.3, -0.25) is 9.69 Å². The smallest absolute Gasteiger partial charge is 0.278 e. The van der Waals surface area contributed by atoms with E-state index in [-0.39, 0.29) is 11.9 Å². The first-order valence-corrected chi connectivity index (χ1v) is 9.52. The Balaban J connectivity index is 1.49. The Bertz CT molecular complexity index is 527. The Morgan fingerprint density at radius 3 is 2.71 bits per heavy atom. The maximum absolute atomic E-state index is 12.7. The van der Waals surface area contributed by atoms with Gasteiger partial charge in [-0.05, 0) is 31.7 Å². The number of aromatic nitrogens is 1. The lowest BCUT2D eigenvalue weighted by molar-refractivity contribution is -0.914. The van der Waals surface area contributed by atoms with E-state index in [1.807, 2.05) is 12.3 Å². The third-order valence-electron chi connectivity index (χ3n) is 5.88. The molecule has 1 aromatic rings. The van der Waals surface area contributed by atoms with E-state index in [1.165, 1.54) is 30.0 Å². The molecule has 3 rings (SSSR count). The Kier molecular flexibility index (Phi) is 5.72. The van der Waals surface area contributed by atoms with Gasteiger partial charge in [0.25, 0.3) is 11.7 Å². The molecule has 3 N–H and O–H groups in total. The van der Waals surface area contributed by atoms with Crippen LogP contribution < -0.4 is 20.1 Å². The predicted octanol–water partition coefficient (Wildman–Crippen LogP) is 0.289. The van der Waals surface area contributed by atoms with Crippen molar-refractivity contribution in [3.05, 3.63) is 24.4 Å². The molecular formula is C19H32N4O+2. The van der Waals surface area contributed by atoms with E-state index >= 15 is 0 Å². The van der Waals surface area contributed by atoms with Crippen molar-refractivity contribution in [1.82, 2.24) is 5.32 Å². The fourth-order valence-corrected chi connectivity index (χ4v) is 4.07. The molecule has 1 aliphatic carbocycles. The molecule has 2 aliphatic rings. The van der Waals surface area contributed by atoms with Crippen LogP contribution in [0.2, 0.25) is 0 Å². The van der Waals surface area contributed by atoms with Crippen LogP contribution in [0.1, 0.15) is 39.5 Å². The molecule has 1 aliphatic heterocycles. The molecule has 1 saturated heterocycles. The molecule has 0 spiro atoms. The largest absolute Gasteiger partial charge is 0.348 e. The van der Waals surface area contributed by atoms with Crippen molar-refractivity contribution in [2.45, 2.75) is 51.6 Å². The standard InChI is InChI=1S/C19H30N4O/c1-15-7-3-4-8-17(15)21-19(24)16(2)22-11-13-23(14-12-22)18-9-5-6-10-20-18/h5-6,9-10,15-17H,3-4,7-8,11-14H2,1-2H3,(H,21,24)/p+2/t15-,16-,17+/m1/s1. The van der Waals surface area contributed by atoms with E-state index < -0.39 is 0 Å². The summed E-state index contributed by atoms with van der Waals surface area (Å²) in [6.45, 7) is 8.37. The fourth-order valence-electron chi connectivity index (χ4n) is 4.07. The zero-order chi connectivity index (χ0) is 16.9. The van der Waals surface area contributed by atoms with Gasteiger partial charge in [-0.1, -0.05) is 25.8 Å². The van der Waals surface area contributed by atoms with Crippen LogP contribution in [0, 0.1) is 5.92 Å². The van der Waals surface area contributed by atoms with Crippen molar-refractivity contribution < 1.29 is 14.7 Å². The summed E-state index contributed by atoms with van der Waals surface area (Å²) in [4.78, 5) is 19.7. The number of quaternary nitrogens is 1. The van der Waals surface area contributed by atoms with Crippen LogP contribution in [-0.4, -0.2) is 44.2 Å². The molecule has 2 heterocycles. The topological polar surface area (TPSA) is 50.9 Å². The Hall–Kier alpha value is -1.62. The Labute approximate surface area is 145 Å². The second-order valence-electron chi connectivity index (χ2n) is 7.49. The Morgan fingerprint density at radius 2 is 2.04 bits per heavy atom. The molecule has 1 saturated carbocycles. The molecular weight excluding hydrogens is 300 g/mol. The van der Waals surface area contributed by atoms with Gasteiger partial charge in [0.05, 0.1) is 6.20 Å². The van der Waals surface area contributed by atoms with Gasteiger partial charge in [0, 0.05) is 12.1 Å². The van der Waals surface area contributed by atoms with Gasteiger partial charge >= 0.3 is 0 Å². The number of hydrogen-bond donors (Lipinski definition) is 2. The second-order valence-corrected chi connectivity index (χ2v) is 7.49. The highest BCUT2D eigenvalue weighted by Crippen LogP contribution is 2.23. The molecule has 0 unspecified atom stereocenters. The maximum atomic E-state index is 12.7. The van der Waals surface area contributed by atoms with Gasteiger partial charge in [0.1, 0.15) is 26.2 Å². The molecule has 3 atom stereocenters. The maximum Gasteiger partial charge on any atom is 0.278 e. The van der Waals surface area contributed by atoms with Crippen molar-refractivity contribution >= 4 is 11.7 Å². The molecule has 0 bridgehead atoms. The average molecular weight is 332 g/mol. The highest BCUT2D eigenvalue weighted by atomic mass is 16.2. The number of anilines is 1. The summed E-state index contributed by atoms with van der Waals surface area (Å²) >= 11 is 0. The number of aromatic amines is 1. The third-order valence-corrected chi connectivity index (χ3v) is 5.88. The van der Waals surface area contributed by atoms with Crippen molar-refractivity contribution in [1.29, 1.82) is 0 Å². The third kappa shape index (κ3) is 4.07. The summed E-state index contributed by atoms with van der Waals surface area (Å²) in [5, 5.41) is 3.33. The summed E-state index contributed by atoms with van der Waals surface area (Å²) in [7, 11) is 0. The van der Waals surface area contributed by atoms with Gasteiger partial charge in [0.2, 0.25) is 0 Å². The van der Waals surface area contributed by atoms with Crippen molar-refractivity contribution in [3.8, 4) is 0 Å². The molecule has 132 valence electrons. The molecule has 0 radical (unpaired) electrons. The van der Waals surface area contributed by atoms with E-state index in [4.69, 9.17) is 0 Å². The molecule has 5 heteroatoms. The number of carbonyl (C=O) groups excluding carboxylic acids is 1. The molecule has 1 amide bonds. The molecule has 24 heavy (non-hydrogen) atoms. The highest BCUT2D eigenvalue weighted by molar-refractivity contribution is 5.80. The van der Waals surface area contributed by atoms with Crippen LogP contribution >= 0.6 is 0 Å². The molecule has 0 aromatic carbocycles. The number of amides is 1. The molecule has 5 nitrogen and oxygen atoms in total. The lowest BCUT2D eigenvalue weighted by Gasteiger charge is -2.34. The Morgan fingerprint density at radius 1 is 1.29 bits per heavy atom. The van der Waals surface area contributed by atoms with Crippen LogP contribution in [0.3, 0.4) is 0 Å². The number of nitrogens with one attached hydrogen (secondary N) is 3. The first-order chi connectivity index (χ1) is 11.6. The summed E-state index contributed by atoms with van der Waals surface area (Å²) in [5.41, 5.74) is 0. The SMILES string of the molecule is C[C@@H]1CCCC[C@@H]1NC(=O)[C@@H](C)[NH+]1CCN(c2cccc[nH+]2)CC1. The minimum absolute atomic E-state index is 0.0426. The van der Waals surface area contributed by atoms with E-state index in [2.05, 4.69) is 41.2 Å². The van der Waals surface area contributed by atoms with Crippen LogP contribution in [-0.2, 0) is 4.79 Å². The molecule has 1 aromatic heterocycles. The summed E-state index contributed by atoms with van der Waals surface area (Å²) in [6.07, 6.45) is 6.93. The number of carbonyl (C=O) groups is 1. The lowest BCUT2D eigenvalue weighted by Crippen LogP contribution is -3.19. The zero-order valence-electron chi connectivity index (χ0n) is 15.1. The van der Waals surface area contributed by atoms with Gasteiger partial charge in [-0.25, -0.2) is 4.98 Å². The van der Waals surface area contributed by atoms with Crippen LogP contribution in [0.25, 0.3) is 0 Å². The lowest BCUT2D eigenvalue weighted by atomic mass is 9.86. The second kappa shape index (κ2) is 7.97. The van der Waals surface area contributed by atoms with Gasteiger partial charge in [0.15, 0.2) is 6.04 Å². The van der Waals surface area contributed by atoms with E-state index in [1.54, 1.807) is 0 Å². The van der Waals surface area contributed by atoms with E-state index in [0.717, 1.165) is 32.6 Å². The number of hydrogen-bond acceptors (Lipinski definition) is 2. The summed E-state index contributed by atoms with van der Waals surface area (Å²) in [5.74, 6) is 2.03. The van der Waals surface area contributed by atoms with E-state index in [9.17, 15) is 4.79 Å². The van der Waals surface area contributed by atoms with Crippen molar-refractivity contribution in [2.24, 2.45) is 5.92 Å². The first-order valence-electron chi connectivity index (χ1n) is 9.52. The normalized spacial score (nSPS) is 26.8. The average Bonchev–Trinajstić information content (AvgIpc) is 2.64. The fraction of sp³-hybridized carbons (Fsp3) is 0.684. The monoisotopic (exact) mass is 332 g/mol. The highest BCUT2D eigenvalue weighted by Gasteiger charge is 2.34. The van der Waals surface area contributed by atoms with Crippen LogP contribution in [0.5, 0.6) is 0 Å². The van der Waals surface area contributed by atoms with Crippen molar-refractivity contribution in [3.63, 3.8) is 0 Å². The van der Waals surface area contributed by atoms with Gasteiger partial charge in [-0.2, -0.15) is 0 Å². The van der Waals surface area contributed by atoms with E-state index in [0.29, 0.717) is 12.0 Å². The zero-order valence-corrected chi connectivity index (χ0v) is 15.1. The van der Waals surface area contributed by atoms with Gasteiger partial charge < -0.3 is 10.2 Å². The van der Waals surface area contributed by atoms with Crippen LogP contribution in [0.15, 0.2) is 24.4 Å². The van der Waals surface area contributed by atoms with Crippen LogP contribution in [0.4, 0.5) is 5.82 Å². The number of H-pyrrole nitrogens is 1. The minimum atomic E-state index is 0.0426. The minimum Gasteiger partial charge on any atom is -0.348 e. The first kappa shape index (κ1) is 17.2. The predicted molar refractivity (Wildman–Crippen MR) is 94.9 cm³/mol. The number of rotatable bonds is 4. The number of piperazine rings is 1. The van der Waals surface area contributed by atoms with Gasteiger partial charge in [-0.15, -0.1) is 0 Å². The number of pyridine rings is 1. The summed E-state index contributed by atoms with van der Waals surface area (Å²) < 4.78 is 0. The summed E-state index contributed by atoms with van der Waals surface area (Å²) in [6, 6.07) is 6.61. The quantitative estimate of drug-likeness (QED) is 0.833. The van der Waals surface area contributed by atoms with Crippen molar-refractivity contribution in [2.75, 3.05) is 31.1 Å².